The summed E-state index contributed by atoms with van der Waals surface area (Å²) >= 11 is 0. The number of phenolic OH excluding ortho intramolecular Hbond substituents is 1. The second kappa shape index (κ2) is 9.75. The number of nitrogens with zero attached hydrogens (tertiary/aromatic N) is 3. The van der Waals surface area contributed by atoms with Gasteiger partial charge >= 0.3 is 0 Å². The van der Waals surface area contributed by atoms with Crippen LogP contribution in [0.3, 0.4) is 0 Å². The number of fused-ring (bicyclic) bond motifs is 1. The number of piperidine rings is 1. The fourth-order valence-corrected chi connectivity index (χ4v) is 4.25. The third-order valence-electron chi connectivity index (χ3n) is 6.36. The summed E-state index contributed by atoms with van der Waals surface area (Å²) in [6.45, 7) is 7.90. The van der Waals surface area contributed by atoms with Crippen molar-refractivity contribution in [2.24, 2.45) is 11.8 Å². The van der Waals surface area contributed by atoms with Crippen LogP contribution in [-0.4, -0.2) is 51.8 Å². The highest BCUT2D eigenvalue weighted by atomic mass is 16.3. The van der Waals surface area contributed by atoms with Crippen molar-refractivity contribution in [3.8, 4) is 17.1 Å². The molecule has 1 unspecified atom stereocenters. The Labute approximate surface area is 197 Å². The molecular formula is C26H36N4O3. The Kier molecular flexibility index (Phi) is 6.79. The van der Waals surface area contributed by atoms with E-state index in [4.69, 9.17) is 9.97 Å². The van der Waals surface area contributed by atoms with E-state index in [2.05, 4.69) is 22.3 Å². The predicted octanol–water partition coefficient (Wildman–Crippen LogP) is 4.15. The number of hydrogen-bond acceptors (Lipinski definition) is 6. The van der Waals surface area contributed by atoms with Gasteiger partial charge in [0.05, 0.1) is 11.1 Å². The molecule has 1 atom stereocenters. The molecule has 3 N–H and O–H groups in total. The summed E-state index contributed by atoms with van der Waals surface area (Å²) in [5.41, 5.74) is 2.59. The highest BCUT2D eigenvalue weighted by molar-refractivity contribution is 5.92. The number of aryl methyl sites for hydroxylation is 1. The molecule has 33 heavy (non-hydrogen) atoms. The summed E-state index contributed by atoms with van der Waals surface area (Å²) in [4.78, 5) is 24.0. The molecule has 1 aromatic heterocycles. The number of rotatable bonds is 6. The molecule has 0 spiro atoms. The van der Waals surface area contributed by atoms with Crippen LogP contribution in [0, 0.1) is 18.8 Å². The van der Waals surface area contributed by atoms with E-state index in [1.54, 1.807) is 12.1 Å². The Morgan fingerprint density at radius 1 is 1.18 bits per heavy atom. The Morgan fingerprint density at radius 2 is 1.91 bits per heavy atom. The molecule has 7 nitrogen and oxygen atoms in total. The second-order valence-corrected chi connectivity index (χ2v) is 9.27. The van der Waals surface area contributed by atoms with Gasteiger partial charge in [-0.25, -0.2) is 9.97 Å². The SMILES string of the molecule is Cc1ccc2c(N3CCC(CNC(=O)C(O)C(C)C)CC3)nc(-c3ccccc3O)nc2c1.[HH].[HH]. The molecule has 1 aliphatic rings. The lowest BCUT2D eigenvalue weighted by Crippen LogP contribution is -2.43. The largest absolute Gasteiger partial charge is 0.507 e. The molecule has 1 fully saturated rings. The highest BCUT2D eigenvalue weighted by Gasteiger charge is 2.25. The van der Waals surface area contributed by atoms with E-state index in [9.17, 15) is 15.0 Å². The molecule has 178 valence electrons. The number of phenols is 1. The minimum atomic E-state index is -0.964. The van der Waals surface area contributed by atoms with Crippen molar-refractivity contribution in [3.63, 3.8) is 0 Å². The van der Waals surface area contributed by atoms with Crippen LogP contribution in [0.15, 0.2) is 42.5 Å². The van der Waals surface area contributed by atoms with Gasteiger partial charge in [-0.15, -0.1) is 0 Å². The number of benzene rings is 2. The first-order chi connectivity index (χ1) is 15.8. The maximum Gasteiger partial charge on any atom is 0.249 e. The van der Waals surface area contributed by atoms with Crippen molar-refractivity contribution in [3.05, 3.63) is 48.0 Å². The van der Waals surface area contributed by atoms with Crippen molar-refractivity contribution in [2.75, 3.05) is 24.5 Å². The highest BCUT2D eigenvalue weighted by Crippen LogP contribution is 2.33. The molecule has 3 aromatic rings. The van der Waals surface area contributed by atoms with Gasteiger partial charge < -0.3 is 20.4 Å². The van der Waals surface area contributed by atoms with Gasteiger partial charge in [0.25, 0.3) is 0 Å². The van der Waals surface area contributed by atoms with Crippen LogP contribution >= 0.6 is 0 Å². The second-order valence-electron chi connectivity index (χ2n) is 9.27. The summed E-state index contributed by atoms with van der Waals surface area (Å²) < 4.78 is 0. The molecule has 2 aromatic carbocycles. The number of carbonyl (C=O) groups excluding carboxylic acids is 1. The smallest absolute Gasteiger partial charge is 0.249 e. The average molecular weight is 453 g/mol. The van der Waals surface area contributed by atoms with E-state index in [0.717, 1.165) is 48.2 Å². The number of anilines is 1. The molecule has 0 saturated carbocycles. The van der Waals surface area contributed by atoms with Crippen molar-refractivity contribution in [1.29, 1.82) is 0 Å². The third-order valence-corrected chi connectivity index (χ3v) is 6.36. The standard InChI is InChI=1S/C26H32N4O3.2H2/c1-16(2)23(32)26(33)27-15-18-10-12-30(13-11-18)25-19-9-8-17(3)14-21(19)28-24(29-25)20-6-4-5-7-22(20)31;;/h4-9,14,16,18,23,31-32H,10-13,15H2,1-3H3,(H,27,33);2*1H. The number of nitrogens with one attached hydrogen (secondary N) is 1. The van der Waals surface area contributed by atoms with Crippen LogP contribution in [0.1, 0.15) is 35.1 Å². The minimum absolute atomic E-state index is 0. The number of aromatic hydroxyl groups is 1. The van der Waals surface area contributed by atoms with Gasteiger partial charge in [0.1, 0.15) is 17.7 Å². The Balaban J connectivity index is 0.00000216. The van der Waals surface area contributed by atoms with E-state index in [-0.39, 0.29) is 20.4 Å². The van der Waals surface area contributed by atoms with E-state index in [0.29, 0.717) is 23.9 Å². The first-order valence-electron chi connectivity index (χ1n) is 11.6. The van der Waals surface area contributed by atoms with Gasteiger partial charge in [0.2, 0.25) is 5.91 Å². The zero-order valence-corrected chi connectivity index (χ0v) is 19.5. The van der Waals surface area contributed by atoms with Gasteiger partial charge in [0.15, 0.2) is 5.82 Å². The fourth-order valence-electron chi connectivity index (χ4n) is 4.25. The molecule has 0 bridgehead atoms. The van der Waals surface area contributed by atoms with Crippen LogP contribution in [0.4, 0.5) is 5.82 Å². The van der Waals surface area contributed by atoms with Gasteiger partial charge in [-0.1, -0.05) is 32.0 Å². The summed E-state index contributed by atoms with van der Waals surface area (Å²) in [6, 6.07) is 13.3. The first-order valence-corrected chi connectivity index (χ1v) is 11.6. The van der Waals surface area contributed by atoms with Crippen LogP contribution in [0.25, 0.3) is 22.3 Å². The number of carbonyl (C=O) groups is 1. The molecule has 0 aliphatic carbocycles. The van der Waals surface area contributed by atoms with Crippen molar-refractivity contribution in [2.45, 2.75) is 39.7 Å². The molecule has 7 heteroatoms. The van der Waals surface area contributed by atoms with Crippen molar-refractivity contribution in [1.82, 2.24) is 15.3 Å². The lowest BCUT2D eigenvalue weighted by Gasteiger charge is -2.33. The van der Waals surface area contributed by atoms with Crippen molar-refractivity contribution >= 4 is 22.6 Å². The van der Waals surface area contributed by atoms with Gasteiger partial charge in [0, 0.05) is 27.9 Å². The molecule has 0 radical (unpaired) electrons. The maximum absolute atomic E-state index is 12.1. The Bertz CT molecular complexity index is 1150. The van der Waals surface area contributed by atoms with Gasteiger partial charge in [-0.05, 0) is 61.4 Å². The number of aliphatic hydroxyl groups excluding tert-OH is 1. The maximum atomic E-state index is 12.1. The molecular weight excluding hydrogens is 416 g/mol. The lowest BCUT2D eigenvalue weighted by molar-refractivity contribution is -0.131. The van der Waals surface area contributed by atoms with E-state index < -0.39 is 6.10 Å². The summed E-state index contributed by atoms with van der Waals surface area (Å²) in [5, 5.41) is 24.2. The minimum Gasteiger partial charge on any atom is -0.507 e. The number of aromatic nitrogens is 2. The third kappa shape index (κ3) is 5.09. The fraction of sp³-hybridized carbons (Fsp3) is 0.423. The first kappa shape index (κ1) is 23.0. The quantitative estimate of drug-likeness (QED) is 0.520. The molecule has 1 saturated heterocycles. The van der Waals surface area contributed by atoms with E-state index in [1.165, 1.54) is 0 Å². The average Bonchev–Trinajstić information content (AvgIpc) is 2.81. The monoisotopic (exact) mass is 452 g/mol. The van der Waals surface area contributed by atoms with E-state index >= 15 is 0 Å². The van der Waals surface area contributed by atoms with Crippen molar-refractivity contribution < 1.29 is 17.9 Å². The summed E-state index contributed by atoms with van der Waals surface area (Å²) in [6.07, 6.45) is 0.872. The van der Waals surface area contributed by atoms with E-state index in [1.807, 2.05) is 39.0 Å². The molecule has 4 rings (SSSR count). The number of hydrogen-bond donors (Lipinski definition) is 3. The number of amides is 1. The zero-order chi connectivity index (χ0) is 23.5. The normalized spacial score (nSPS) is 15.7. The molecule has 1 aliphatic heterocycles. The van der Waals surface area contributed by atoms with Gasteiger partial charge in [-0.2, -0.15) is 0 Å². The van der Waals surface area contributed by atoms with Crippen LogP contribution < -0.4 is 10.2 Å². The van der Waals surface area contributed by atoms with Crippen LogP contribution in [0.2, 0.25) is 0 Å². The Morgan fingerprint density at radius 3 is 2.61 bits per heavy atom. The summed E-state index contributed by atoms with van der Waals surface area (Å²) in [7, 11) is 0. The molecule has 2 heterocycles. The summed E-state index contributed by atoms with van der Waals surface area (Å²) in [5.74, 6) is 1.51. The lowest BCUT2D eigenvalue weighted by atomic mass is 9.96. The topological polar surface area (TPSA) is 98.6 Å². The van der Waals surface area contributed by atoms with Crippen LogP contribution in [-0.2, 0) is 4.79 Å². The number of aliphatic hydroxyl groups is 1. The Hall–Kier alpha value is -3.19. The van der Waals surface area contributed by atoms with Crippen LogP contribution in [0.5, 0.6) is 5.75 Å². The predicted molar refractivity (Wildman–Crippen MR) is 134 cm³/mol. The molecule has 1 amide bonds. The van der Waals surface area contributed by atoms with Gasteiger partial charge in [-0.3, -0.25) is 4.79 Å². The number of para-hydroxylation sites is 1. The zero-order valence-electron chi connectivity index (χ0n) is 19.5.